The summed E-state index contributed by atoms with van der Waals surface area (Å²) in [5.74, 6) is 0. The maximum Gasteiger partial charge on any atom is 0.0748 e. The number of nitrogens with zero attached hydrogens (tertiary/aromatic N) is 3. The largest absolute Gasteiger partial charge is 0.378 e. The molecule has 1 aromatic carbocycles. The lowest BCUT2D eigenvalue weighted by Gasteiger charge is -2.21. The van der Waals surface area contributed by atoms with Gasteiger partial charge in [0.05, 0.1) is 11.7 Å². The highest BCUT2D eigenvalue weighted by molar-refractivity contribution is 5.47. The highest BCUT2D eigenvalue weighted by Gasteiger charge is 2.17. The van der Waals surface area contributed by atoms with Crippen LogP contribution in [-0.4, -0.2) is 30.4 Å². The van der Waals surface area contributed by atoms with Crippen LogP contribution < -0.4 is 10.2 Å². The lowest BCUT2D eigenvalue weighted by molar-refractivity contribution is 0.520. The van der Waals surface area contributed by atoms with Crippen molar-refractivity contribution in [3.8, 4) is 0 Å². The highest BCUT2D eigenvalue weighted by atomic mass is 15.3. The third-order valence-corrected chi connectivity index (χ3v) is 3.63. The predicted molar refractivity (Wildman–Crippen MR) is 88.8 cm³/mol. The summed E-state index contributed by atoms with van der Waals surface area (Å²) in [6, 6.07) is 11.0. The van der Waals surface area contributed by atoms with E-state index in [-0.39, 0.29) is 6.04 Å². The minimum Gasteiger partial charge on any atom is -0.378 e. The van der Waals surface area contributed by atoms with Crippen LogP contribution in [0.5, 0.6) is 0 Å². The summed E-state index contributed by atoms with van der Waals surface area (Å²) in [5.41, 5.74) is 3.73. The van der Waals surface area contributed by atoms with E-state index in [1.807, 2.05) is 6.20 Å². The number of aromatic nitrogens is 2. The van der Waals surface area contributed by atoms with Crippen molar-refractivity contribution in [2.24, 2.45) is 0 Å². The summed E-state index contributed by atoms with van der Waals surface area (Å²) in [7, 11) is 4.13. The highest BCUT2D eigenvalue weighted by Crippen LogP contribution is 2.24. The molecule has 2 aromatic rings. The zero-order chi connectivity index (χ0) is 15.2. The predicted octanol–water partition coefficient (Wildman–Crippen LogP) is 3.06. The summed E-state index contributed by atoms with van der Waals surface area (Å²) in [4.78, 5) is 2.12. The van der Waals surface area contributed by atoms with Gasteiger partial charge >= 0.3 is 0 Å². The van der Waals surface area contributed by atoms with E-state index < -0.39 is 0 Å². The Morgan fingerprint density at radius 2 is 1.86 bits per heavy atom. The van der Waals surface area contributed by atoms with Gasteiger partial charge in [0.15, 0.2) is 0 Å². The molecule has 0 radical (unpaired) electrons. The molecule has 1 aromatic heterocycles. The Morgan fingerprint density at radius 3 is 2.43 bits per heavy atom. The van der Waals surface area contributed by atoms with Crippen LogP contribution in [-0.2, 0) is 6.54 Å². The first-order valence-corrected chi connectivity index (χ1v) is 7.69. The van der Waals surface area contributed by atoms with Crippen molar-refractivity contribution in [2.75, 3.05) is 25.5 Å². The van der Waals surface area contributed by atoms with Gasteiger partial charge in [0.2, 0.25) is 0 Å². The Balaban J connectivity index is 2.31. The lowest BCUT2D eigenvalue weighted by Crippen LogP contribution is -2.25. The molecule has 0 bridgehead atoms. The summed E-state index contributed by atoms with van der Waals surface area (Å²) in [6.45, 7) is 6.21. The first-order valence-electron chi connectivity index (χ1n) is 7.69. The molecule has 4 heteroatoms. The second-order valence-electron chi connectivity index (χ2n) is 5.46. The maximum absolute atomic E-state index is 4.45. The van der Waals surface area contributed by atoms with Gasteiger partial charge in [-0.2, -0.15) is 5.10 Å². The molecule has 1 N–H and O–H groups in total. The average Bonchev–Trinajstić information content (AvgIpc) is 2.93. The summed E-state index contributed by atoms with van der Waals surface area (Å²) in [5, 5.41) is 8.02. The fraction of sp³-hybridized carbons (Fsp3) is 0.471. The molecule has 1 atom stereocenters. The lowest BCUT2D eigenvalue weighted by atomic mass is 10.0. The first kappa shape index (κ1) is 15.6. The Hall–Kier alpha value is -1.81. The van der Waals surface area contributed by atoms with E-state index >= 15 is 0 Å². The van der Waals surface area contributed by atoms with Crippen molar-refractivity contribution < 1.29 is 0 Å². The van der Waals surface area contributed by atoms with Gasteiger partial charge in [-0.3, -0.25) is 4.68 Å². The van der Waals surface area contributed by atoms with Gasteiger partial charge in [-0.05, 0) is 36.7 Å². The minimum atomic E-state index is 0.195. The molecule has 0 saturated heterocycles. The molecule has 21 heavy (non-hydrogen) atoms. The molecule has 0 spiro atoms. The molecule has 2 rings (SSSR count). The molecule has 0 saturated carbocycles. The zero-order valence-electron chi connectivity index (χ0n) is 13.5. The third kappa shape index (κ3) is 3.64. The molecule has 0 fully saturated rings. The van der Waals surface area contributed by atoms with Crippen molar-refractivity contribution in [1.29, 1.82) is 0 Å². The number of hydrogen-bond acceptors (Lipinski definition) is 3. The van der Waals surface area contributed by atoms with Gasteiger partial charge < -0.3 is 10.2 Å². The standard InChI is InChI=1S/C17H26N4/c1-5-13-21-16(11-12-19-21)17(18-6-2)14-7-9-15(10-8-14)20(3)4/h7-12,17-18H,5-6,13H2,1-4H3. The fourth-order valence-electron chi connectivity index (χ4n) is 2.55. The van der Waals surface area contributed by atoms with E-state index in [2.05, 4.69) is 78.3 Å². The van der Waals surface area contributed by atoms with Gasteiger partial charge in [-0.15, -0.1) is 0 Å². The molecule has 0 aliphatic carbocycles. The fourth-order valence-corrected chi connectivity index (χ4v) is 2.55. The molecule has 4 nitrogen and oxygen atoms in total. The van der Waals surface area contributed by atoms with E-state index in [4.69, 9.17) is 0 Å². The number of nitrogens with one attached hydrogen (secondary N) is 1. The number of anilines is 1. The second-order valence-corrected chi connectivity index (χ2v) is 5.46. The van der Waals surface area contributed by atoms with Crippen molar-refractivity contribution in [3.05, 3.63) is 47.8 Å². The normalized spacial score (nSPS) is 12.4. The molecular weight excluding hydrogens is 260 g/mol. The first-order chi connectivity index (χ1) is 10.2. The van der Waals surface area contributed by atoms with Gasteiger partial charge in [-0.1, -0.05) is 26.0 Å². The van der Waals surface area contributed by atoms with E-state index in [9.17, 15) is 0 Å². The summed E-state index contributed by atoms with van der Waals surface area (Å²) in [6.07, 6.45) is 2.98. The van der Waals surface area contributed by atoms with Crippen LogP contribution in [0.2, 0.25) is 0 Å². The van der Waals surface area contributed by atoms with Gasteiger partial charge in [0, 0.05) is 32.5 Å². The van der Waals surface area contributed by atoms with E-state index in [0.29, 0.717) is 0 Å². The molecule has 0 aliphatic heterocycles. The molecule has 0 aliphatic rings. The molecular formula is C17H26N4. The van der Waals surface area contributed by atoms with E-state index in [0.717, 1.165) is 19.5 Å². The van der Waals surface area contributed by atoms with E-state index in [1.165, 1.54) is 16.9 Å². The summed E-state index contributed by atoms with van der Waals surface area (Å²) < 4.78 is 2.10. The van der Waals surface area contributed by atoms with Crippen LogP contribution >= 0.6 is 0 Å². The molecule has 1 heterocycles. The number of hydrogen-bond donors (Lipinski definition) is 1. The van der Waals surface area contributed by atoms with Crippen LogP contribution in [0.25, 0.3) is 0 Å². The number of benzene rings is 1. The van der Waals surface area contributed by atoms with E-state index in [1.54, 1.807) is 0 Å². The number of rotatable bonds is 7. The maximum atomic E-state index is 4.45. The van der Waals surface area contributed by atoms with Crippen molar-refractivity contribution >= 4 is 5.69 Å². The quantitative estimate of drug-likeness (QED) is 0.849. The Bertz CT molecular complexity index is 542. The Labute approximate surface area is 127 Å². The SMILES string of the molecule is CCCn1nccc1C(NCC)c1ccc(N(C)C)cc1. The van der Waals surface area contributed by atoms with Gasteiger partial charge in [0.25, 0.3) is 0 Å². The minimum absolute atomic E-state index is 0.195. The van der Waals surface area contributed by atoms with Crippen LogP contribution in [0.4, 0.5) is 5.69 Å². The van der Waals surface area contributed by atoms with Crippen molar-refractivity contribution in [1.82, 2.24) is 15.1 Å². The average molecular weight is 286 g/mol. The third-order valence-electron chi connectivity index (χ3n) is 3.63. The number of aryl methyl sites for hydroxylation is 1. The topological polar surface area (TPSA) is 33.1 Å². The Morgan fingerprint density at radius 1 is 1.14 bits per heavy atom. The van der Waals surface area contributed by atoms with Gasteiger partial charge in [0.1, 0.15) is 0 Å². The molecule has 0 amide bonds. The van der Waals surface area contributed by atoms with Crippen molar-refractivity contribution in [3.63, 3.8) is 0 Å². The van der Waals surface area contributed by atoms with Crippen LogP contribution in [0.1, 0.15) is 37.6 Å². The van der Waals surface area contributed by atoms with Gasteiger partial charge in [-0.25, -0.2) is 0 Å². The smallest absolute Gasteiger partial charge is 0.0748 e. The monoisotopic (exact) mass is 286 g/mol. The van der Waals surface area contributed by atoms with Crippen molar-refractivity contribution in [2.45, 2.75) is 32.9 Å². The summed E-state index contributed by atoms with van der Waals surface area (Å²) >= 11 is 0. The van der Waals surface area contributed by atoms with Crippen LogP contribution in [0.15, 0.2) is 36.5 Å². The molecule has 1 unspecified atom stereocenters. The van der Waals surface area contributed by atoms with Crippen LogP contribution in [0, 0.1) is 0 Å². The molecule has 114 valence electrons. The Kier molecular flexibility index (Phi) is 5.39. The zero-order valence-corrected chi connectivity index (χ0v) is 13.5. The van der Waals surface area contributed by atoms with Crippen LogP contribution in [0.3, 0.4) is 0 Å². The second kappa shape index (κ2) is 7.27.